The molecule has 0 saturated carbocycles. The highest BCUT2D eigenvalue weighted by atomic mass is 32.2. The fraction of sp³-hybridized carbons (Fsp3) is 0.412. The first kappa shape index (κ1) is 18.2. The molecule has 9 heteroatoms. The van der Waals surface area contributed by atoms with Crippen molar-refractivity contribution >= 4 is 23.7 Å². The molecule has 1 N–H and O–H groups in total. The lowest BCUT2D eigenvalue weighted by atomic mass is 10.1. The normalized spacial score (nSPS) is 16.0. The lowest BCUT2D eigenvalue weighted by molar-refractivity contribution is -0.130. The fourth-order valence-corrected chi connectivity index (χ4v) is 3.57. The number of urea groups is 1. The Hall–Kier alpha value is -2.55. The van der Waals surface area contributed by atoms with Gasteiger partial charge in [-0.2, -0.15) is 0 Å². The third kappa shape index (κ3) is 3.52. The van der Waals surface area contributed by atoms with Crippen LogP contribution in [0.3, 0.4) is 0 Å². The monoisotopic (exact) mass is 375 g/mol. The maximum absolute atomic E-state index is 12.2. The summed E-state index contributed by atoms with van der Waals surface area (Å²) in [6.07, 6.45) is 2.30. The van der Waals surface area contributed by atoms with Gasteiger partial charge in [-0.25, -0.2) is 4.79 Å². The van der Waals surface area contributed by atoms with E-state index < -0.39 is 5.54 Å². The smallest absolute Gasteiger partial charge is 0.325 e. The largest absolute Gasteiger partial charge is 0.495 e. The molecule has 2 aromatic rings. The van der Waals surface area contributed by atoms with Crippen molar-refractivity contribution in [3.05, 3.63) is 30.6 Å². The van der Waals surface area contributed by atoms with Gasteiger partial charge in [0.05, 0.1) is 12.8 Å². The van der Waals surface area contributed by atoms with E-state index in [0.717, 1.165) is 16.6 Å². The van der Waals surface area contributed by atoms with Crippen molar-refractivity contribution in [1.29, 1.82) is 0 Å². The highest BCUT2D eigenvalue weighted by Crippen LogP contribution is 2.27. The minimum atomic E-state index is -0.825. The minimum absolute atomic E-state index is 0.190. The maximum atomic E-state index is 12.2. The Morgan fingerprint density at radius 1 is 1.27 bits per heavy atom. The SMILES string of the molecule is COc1ccccc1-n1cnnc1SCCCN1C(=O)NC(C)(C)C1=O. The molecule has 26 heavy (non-hydrogen) atoms. The lowest BCUT2D eigenvalue weighted by Crippen LogP contribution is -2.40. The van der Waals surface area contributed by atoms with E-state index in [9.17, 15) is 9.59 Å². The predicted molar refractivity (Wildman–Crippen MR) is 97.6 cm³/mol. The van der Waals surface area contributed by atoms with Gasteiger partial charge >= 0.3 is 6.03 Å². The van der Waals surface area contributed by atoms with Crippen LogP contribution in [0.4, 0.5) is 4.79 Å². The number of thioether (sulfide) groups is 1. The molecule has 1 aliphatic rings. The number of benzene rings is 1. The van der Waals surface area contributed by atoms with Crippen molar-refractivity contribution in [2.45, 2.75) is 31.0 Å². The van der Waals surface area contributed by atoms with Crippen LogP contribution in [0.15, 0.2) is 35.7 Å². The first-order valence-corrected chi connectivity index (χ1v) is 9.23. The van der Waals surface area contributed by atoms with Gasteiger partial charge in [0.25, 0.3) is 5.91 Å². The maximum Gasteiger partial charge on any atom is 0.325 e. The standard InChI is InChI=1S/C17H21N5O3S/c1-17(2)14(23)21(15(24)19-17)9-6-10-26-16-20-18-11-22(16)12-7-4-5-8-13(12)25-3/h4-5,7-8,11H,6,9-10H2,1-3H3,(H,19,24). The van der Waals surface area contributed by atoms with Crippen molar-refractivity contribution < 1.29 is 14.3 Å². The Bertz CT molecular complexity index is 820. The fourth-order valence-electron chi connectivity index (χ4n) is 2.72. The zero-order valence-corrected chi connectivity index (χ0v) is 15.7. The van der Waals surface area contributed by atoms with Gasteiger partial charge in [0, 0.05) is 12.3 Å². The topological polar surface area (TPSA) is 89.3 Å². The number of hydrogen-bond acceptors (Lipinski definition) is 6. The number of rotatable bonds is 7. The van der Waals surface area contributed by atoms with Crippen molar-refractivity contribution in [3.63, 3.8) is 0 Å². The molecule has 0 bridgehead atoms. The Labute approximate surface area is 155 Å². The van der Waals surface area contributed by atoms with Gasteiger partial charge in [-0.3, -0.25) is 14.3 Å². The number of methoxy groups -OCH3 is 1. The molecule has 2 heterocycles. The summed E-state index contributed by atoms with van der Waals surface area (Å²) in [5.74, 6) is 1.24. The average molecular weight is 375 g/mol. The van der Waals surface area contributed by atoms with E-state index in [4.69, 9.17) is 4.74 Å². The van der Waals surface area contributed by atoms with Crippen LogP contribution in [-0.2, 0) is 4.79 Å². The van der Waals surface area contributed by atoms with Crippen LogP contribution in [0.5, 0.6) is 5.75 Å². The summed E-state index contributed by atoms with van der Waals surface area (Å²) in [7, 11) is 1.62. The van der Waals surface area contributed by atoms with Crippen LogP contribution in [-0.4, -0.2) is 56.5 Å². The number of amides is 3. The van der Waals surface area contributed by atoms with Crippen molar-refractivity contribution in [3.8, 4) is 11.4 Å². The molecule has 1 aromatic carbocycles. The van der Waals surface area contributed by atoms with E-state index in [1.807, 2.05) is 28.8 Å². The quantitative estimate of drug-likeness (QED) is 0.453. The number of nitrogens with zero attached hydrogens (tertiary/aromatic N) is 4. The first-order chi connectivity index (χ1) is 12.4. The summed E-state index contributed by atoms with van der Waals surface area (Å²) in [6, 6.07) is 7.30. The molecule has 3 amide bonds. The van der Waals surface area contributed by atoms with Crippen LogP contribution in [0.1, 0.15) is 20.3 Å². The molecular formula is C17H21N5O3S. The van der Waals surface area contributed by atoms with Gasteiger partial charge in [-0.15, -0.1) is 10.2 Å². The second-order valence-electron chi connectivity index (χ2n) is 6.37. The van der Waals surface area contributed by atoms with Gasteiger partial charge in [0.15, 0.2) is 5.16 Å². The van der Waals surface area contributed by atoms with Crippen molar-refractivity contribution in [1.82, 2.24) is 25.0 Å². The van der Waals surface area contributed by atoms with E-state index in [2.05, 4.69) is 15.5 Å². The van der Waals surface area contributed by atoms with Crippen molar-refractivity contribution in [2.75, 3.05) is 19.4 Å². The Balaban J connectivity index is 1.60. The van der Waals surface area contributed by atoms with Gasteiger partial charge in [-0.1, -0.05) is 23.9 Å². The van der Waals surface area contributed by atoms with E-state index in [-0.39, 0.29) is 11.9 Å². The molecule has 8 nitrogen and oxygen atoms in total. The Morgan fingerprint density at radius 3 is 2.73 bits per heavy atom. The summed E-state index contributed by atoms with van der Waals surface area (Å²) in [5, 5.41) is 11.5. The number of nitrogens with one attached hydrogen (secondary N) is 1. The highest BCUT2D eigenvalue weighted by Gasteiger charge is 2.43. The molecule has 0 spiro atoms. The zero-order valence-electron chi connectivity index (χ0n) is 14.9. The summed E-state index contributed by atoms with van der Waals surface area (Å²) < 4.78 is 7.25. The lowest BCUT2D eigenvalue weighted by Gasteiger charge is -2.15. The second-order valence-corrected chi connectivity index (χ2v) is 7.43. The second kappa shape index (κ2) is 7.36. The van der Waals surface area contributed by atoms with E-state index >= 15 is 0 Å². The van der Waals surface area contributed by atoms with Crippen LogP contribution >= 0.6 is 11.8 Å². The Kier molecular flexibility index (Phi) is 5.17. The molecule has 0 atom stereocenters. The van der Waals surface area contributed by atoms with Gasteiger partial charge in [0.2, 0.25) is 0 Å². The number of carbonyl (C=O) groups is 2. The molecule has 3 rings (SSSR count). The number of aromatic nitrogens is 3. The van der Waals surface area contributed by atoms with Crippen LogP contribution in [0.25, 0.3) is 5.69 Å². The van der Waals surface area contributed by atoms with Gasteiger partial charge < -0.3 is 10.1 Å². The van der Waals surface area contributed by atoms with E-state index in [0.29, 0.717) is 18.7 Å². The van der Waals surface area contributed by atoms with Crippen LogP contribution in [0.2, 0.25) is 0 Å². The van der Waals surface area contributed by atoms with Crippen LogP contribution < -0.4 is 10.1 Å². The van der Waals surface area contributed by atoms with Crippen molar-refractivity contribution in [2.24, 2.45) is 0 Å². The summed E-state index contributed by atoms with van der Waals surface area (Å²) in [6.45, 7) is 3.79. The molecule has 0 unspecified atom stereocenters. The molecule has 1 aliphatic heterocycles. The zero-order chi connectivity index (χ0) is 18.7. The first-order valence-electron chi connectivity index (χ1n) is 8.24. The molecule has 1 fully saturated rings. The van der Waals surface area contributed by atoms with Gasteiger partial charge in [-0.05, 0) is 32.4 Å². The Morgan fingerprint density at radius 2 is 2.04 bits per heavy atom. The molecule has 1 saturated heterocycles. The number of para-hydroxylation sites is 2. The van der Waals surface area contributed by atoms with E-state index in [1.165, 1.54) is 16.7 Å². The minimum Gasteiger partial charge on any atom is -0.495 e. The number of hydrogen-bond donors (Lipinski definition) is 1. The number of ether oxygens (including phenoxy) is 1. The summed E-state index contributed by atoms with van der Waals surface area (Å²) in [5.41, 5.74) is 0.0344. The summed E-state index contributed by atoms with van der Waals surface area (Å²) >= 11 is 1.52. The summed E-state index contributed by atoms with van der Waals surface area (Å²) in [4.78, 5) is 25.3. The molecular weight excluding hydrogens is 354 g/mol. The molecule has 1 aromatic heterocycles. The molecule has 0 radical (unpaired) electrons. The predicted octanol–water partition coefficient (Wildman–Crippen LogP) is 2.09. The van der Waals surface area contributed by atoms with E-state index in [1.54, 1.807) is 27.3 Å². The third-order valence-electron chi connectivity index (χ3n) is 4.06. The third-order valence-corrected chi connectivity index (χ3v) is 5.09. The van der Waals surface area contributed by atoms with Gasteiger partial charge in [0.1, 0.15) is 17.6 Å². The average Bonchev–Trinajstić information content (AvgIpc) is 3.15. The number of carbonyl (C=O) groups excluding carboxylic acids is 2. The number of imide groups is 1. The van der Waals surface area contributed by atoms with Crippen LogP contribution in [0, 0.1) is 0 Å². The molecule has 0 aliphatic carbocycles. The highest BCUT2D eigenvalue weighted by molar-refractivity contribution is 7.99. The molecule has 138 valence electrons.